The molecule has 1 fully saturated rings. The number of aromatic nitrogens is 2. The van der Waals surface area contributed by atoms with Crippen LogP contribution < -0.4 is 5.73 Å². The summed E-state index contributed by atoms with van der Waals surface area (Å²) in [7, 11) is 0. The van der Waals surface area contributed by atoms with Crippen LogP contribution in [0.1, 0.15) is 23.1 Å². The number of nitrogens with two attached hydrogens (primary N) is 1. The van der Waals surface area contributed by atoms with Crippen molar-refractivity contribution in [3.63, 3.8) is 0 Å². The summed E-state index contributed by atoms with van der Waals surface area (Å²) in [5.41, 5.74) is 7.70. The normalized spacial score (nSPS) is 16.1. The van der Waals surface area contributed by atoms with Crippen LogP contribution in [0, 0.1) is 0 Å². The molecule has 1 aliphatic heterocycles. The largest absolute Gasteiger partial charge is 0.466 e. The monoisotopic (exact) mass is 585 g/mol. The fraction of sp³-hybridized carbons (Fsp3) is 0.208. The summed E-state index contributed by atoms with van der Waals surface area (Å²) < 4.78 is 13.0. The van der Waals surface area contributed by atoms with Gasteiger partial charge < -0.3 is 19.5 Å². The lowest BCUT2D eigenvalue weighted by Crippen LogP contribution is -2.50. The van der Waals surface area contributed by atoms with Gasteiger partial charge in [-0.25, -0.2) is 9.97 Å². The van der Waals surface area contributed by atoms with Crippen molar-refractivity contribution in [2.45, 2.75) is 12.6 Å². The van der Waals surface area contributed by atoms with E-state index in [9.17, 15) is 4.79 Å². The lowest BCUT2D eigenvalue weighted by molar-refractivity contribution is -0.137. The van der Waals surface area contributed by atoms with Gasteiger partial charge in [0.25, 0.3) is 0 Å². The van der Waals surface area contributed by atoms with E-state index in [0.29, 0.717) is 31.2 Å². The number of amides is 1. The van der Waals surface area contributed by atoms with E-state index in [0.717, 1.165) is 31.2 Å². The van der Waals surface area contributed by atoms with Crippen molar-refractivity contribution in [2.75, 3.05) is 25.4 Å². The zero-order chi connectivity index (χ0) is 23.7. The van der Waals surface area contributed by atoms with Crippen LogP contribution in [0.25, 0.3) is 17.0 Å². The second-order valence-electron chi connectivity index (χ2n) is 8.03. The predicted molar refractivity (Wildman–Crippen MR) is 136 cm³/mol. The van der Waals surface area contributed by atoms with Crippen LogP contribution in [-0.4, -0.2) is 45.3 Å². The number of carbonyl (C=O) groups excluding carboxylic acids is 1. The summed E-state index contributed by atoms with van der Waals surface area (Å²) in [4.78, 5) is 25.4. The quantitative estimate of drug-likeness (QED) is 0.338. The number of nitrogens with zero attached hydrogens (tertiary/aromatic N) is 4. The van der Waals surface area contributed by atoms with Gasteiger partial charge in [0.2, 0.25) is 5.91 Å². The molecule has 1 atom stereocenters. The molecule has 34 heavy (non-hydrogen) atoms. The van der Waals surface area contributed by atoms with Gasteiger partial charge >= 0.3 is 0 Å². The van der Waals surface area contributed by atoms with Crippen LogP contribution in [0.5, 0.6) is 0 Å². The molecule has 8 nitrogen and oxygen atoms in total. The molecule has 3 aromatic heterocycles. The van der Waals surface area contributed by atoms with Crippen molar-refractivity contribution in [2.24, 2.45) is 0 Å². The molecule has 0 saturated carbocycles. The Hall–Kier alpha value is -2.95. The number of nitrogen functional groups attached to an aromatic ring is 1. The highest BCUT2D eigenvalue weighted by atomic mass is 79.9. The summed E-state index contributed by atoms with van der Waals surface area (Å²) in [6.07, 6.45) is 8.62. The highest BCUT2D eigenvalue weighted by Crippen LogP contribution is 2.29. The number of rotatable bonds is 6. The van der Waals surface area contributed by atoms with Crippen LogP contribution in [-0.2, 0) is 11.3 Å². The molecular formula is C24H21Br2N5O3. The van der Waals surface area contributed by atoms with Gasteiger partial charge in [-0.1, -0.05) is 12.1 Å². The molecule has 4 aromatic rings. The van der Waals surface area contributed by atoms with Gasteiger partial charge in [-0.3, -0.25) is 9.69 Å². The predicted octanol–water partition coefficient (Wildman–Crippen LogP) is 5.02. The molecule has 0 aliphatic carbocycles. The average molecular weight is 587 g/mol. The minimum absolute atomic E-state index is 0.0540. The van der Waals surface area contributed by atoms with Gasteiger partial charge in [0.15, 0.2) is 0 Å². The maximum Gasteiger partial charge on any atom is 0.237 e. The first kappa shape index (κ1) is 22.8. The van der Waals surface area contributed by atoms with Crippen molar-refractivity contribution < 1.29 is 13.6 Å². The molecule has 1 aliphatic rings. The third-order valence-corrected chi connectivity index (χ3v) is 6.59. The average Bonchev–Trinajstić information content (AvgIpc) is 3.44. The molecule has 0 spiro atoms. The molecular weight excluding hydrogens is 566 g/mol. The standard InChI is InChI=1S/C24H21Br2N5O3/c25-16-8-18(33-12-16)2-4-21(22-9-17(26)13-34-22)30-5-6-31(23(32)11-30)10-15-1-3-19-20(7-15)28-14-29-24(19)27/h1-4,7-9,12-14,21H,5-6,10-11H2,(H2,27,28,29)/b4-2+. The molecule has 0 bridgehead atoms. The van der Waals surface area contributed by atoms with Gasteiger partial charge in [-0.15, -0.1) is 0 Å². The van der Waals surface area contributed by atoms with Crippen LogP contribution in [0.2, 0.25) is 0 Å². The molecule has 2 N–H and O–H groups in total. The van der Waals surface area contributed by atoms with Crippen molar-refractivity contribution in [1.82, 2.24) is 19.8 Å². The van der Waals surface area contributed by atoms with Crippen molar-refractivity contribution in [3.05, 3.63) is 81.3 Å². The SMILES string of the molecule is Nc1ncnc2cc(CN3CCN(C(/C=C/c4cc(Br)co4)c4cc(Br)co4)CC3=O)ccc12. The maximum absolute atomic E-state index is 13.1. The summed E-state index contributed by atoms with van der Waals surface area (Å²) in [6.45, 7) is 2.09. The van der Waals surface area contributed by atoms with Gasteiger partial charge in [0.05, 0.1) is 27.0 Å². The smallest absolute Gasteiger partial charge is 0.237 e. The van der Waals surface area contributed by atoms with Crippen molar-refractivity contribution >= 4 is 60.6 Å². The minimum atomic E-state index is -0.207. The molecule has 1 amide bonds. The van der Waals surface area contributed by atoms with E-state index in [2.05, 4.69) is 46.7 Å². The lowest BCUT2D eigenvalue weighted by atomic mass is 10.1. The topological polar surface area (TPSA) is 102 Å². The number of anilines is 1. The molecule has 1 saturated heterocycles. The van der Waals surface area contributed by atoms with Gasteiger partial charge in [0, 0.05) is 25.0 Å². The Morgan fingerprint density at radius 1 is 1.09 bits per heavy atom. The summed E-state index contributed by atoms with van der Waals surface area (Å²) in [6, 6.07) is 9.43. The van der Waals surface area contributed by atoms with E-state index in [4.69, 9.17) is 14.6 Å². The zero-order valence-corrected chi connectivity index (χ0v) is 21.2. The Balaban J connectivity index is 1.31. The van der Waals surface area contributed by atoms with E-state index >= 15 is 0 Å². The molecule has 5 rings (SSSR count). The Kier molecular flexibility index (Phi) is 6.53. The third-order valence-electron chi connectivity index (χ3n) is 5.76. The van der Waals surface area contributed by atoms with Crippen LogP contribution in [0.4, 0.5) is 5.82 Å². The number of halogens is 2. The van der Waals surface area contributed by atoms with E-state index in [1.54, 1.807) is 12.5 Å². The fourth-order valence-electron chi connectivity index (χ4n) is 4.06. The number of benzene rings is 1. The maximum atomic E-state index is 13.1. The molecule has 1 unspecified atom stereocenters. The van der Waals surface area contributed by atoms with Crippen molar-refractivity contribution in [1.29, 1.82) is 0 Å². The molecule has 4 heterocycles. The van der Waals surface area contributed by atoms with E-state index in [1.807, 2.05) is 47.4 Å². The minimum Gasteiger partial charge on any atom is -0.466 e. The molecule has 10 heteroatoms. The Morgan fingerprint density at radius 3 is 2.65 bits per heavy atom. The first-order valence-corrected chi connectivity index (χ1v) is 12.2. The van der Waals surface area contributed by atoms with Crippen LogP contribution >= 0.6 is 31.9 Å². The molecule has 174 valence electrons. The van der Waals surface area contributed by atoms with E-state index in [1.165, 1.54) is 6.33 Å². The van der Waals surface area contributed by atoms with Gasteiger partial charge in [-0.05, 0) is 67.8 Å². The number of piperazine rings is 1. The van der Waals surface area contributed by atoms with Gasteiger partial charge in [-0.2, -0.15) is 0 Å². The Labute approximate surface area is 212 Å². The summed E-state index contributed by atoms with van der Waals surface area (Å²) in [5.74, 6) is 1.97. The second kappa shape index (κ2) is 9.73. The molecule has 1 aromatic carbocycles. The van der Waals surface area contributed by atoms with Gasteiger partial charge in [0.1, 0.15) is 36.2 Å². The van der Waals surface area contributed by atoms with Crippen LogP contribution in [0.3, 0.4) is 0 Å². The number of hydrogen-bond acceptors (Lipinski definition) is 7. The van der Waals surface area contributed by atoms with Crippen molar-refractivity contribution in [3.8, 4) is 0 Å². The first-order chi connectivity index (χ1) is 16.5. The van der Waals surface area contributed by atoms with E-state index < -0.39 is 0 Å². The Morgan fingerprint density at radius 2 is 1.91 bits per heavy atom. The van der Waals surface area contributed by atoms with Crippen LogP contribution in [0.15, 0.2) is 73.0 Å². The third kappa shape index (κ3) is 4.94. The zero-order valence-electron chi connectivity index (χ0n) is 18.0. The lowest BCUT2D eigenvalue weighted by Gasteiger charge is -2.37. The highest BCUT2D eigenvalue weighted by Gasteiger charge is 2.30. The second-order valence-corrected chi connectivity index (χ2v) is 9.87. The summed E-state index contributed by atoms with van der Waals surface area (Å²) in [5, 5.41) is 0.810. The summed E-state index contributed by atoms with van der Waals surface area (Å²) >= 11 is 6.85. The number of fused-ring (bicyclic) bond motifs is 1. The number of carbonyl (C=O) groups is 1. The Bertz CT molecular complexity index is 1370. The fourth-order valence-corrected chi connectivity index (χ4v) is 4.69. The first-order valence-electron chi connectivity index (χ1n) is 10.6. The van der Waals surface area contributed by atoms with E-state index in [-0.39, 0.29) is 18.5 Å². The number of hydrogen-bond donors (Lipinski definition) is 1. The highest BCUT2D eigenvalue weighted by molar-refractivity contribution is 9.10. The number of furan rings is 2. The molecule has 0 radical (unpaired) electrons.